The van der Waals surface area contributed by atoms with E-state index in [1.807, 2.05) is 12.1 Å². The summed E-state index contributed by atoms with van der Waals surface area (Å²) in [6, 6.07) is 5.54. The van der Waals surface area contributed by atoms with Crippen molar-refractivity contribution in [2.75, 3.05) is 7.11 Å². The molecule has 0 aromatic heterocycles. The summed E-state index contributed by atoms with van der Waals surface area (Å²) in [4.78, 5) is 11.5. The summed E-state index contributed by atoms with van der Waals surface area (Å²) in [6.45, 7) is 0. The first-order chi connectivity index (χ1) is 9.61. The van der Waals surface area contributed by atoms with E-state index in [1.54, 1.807) is 13.2 Å². The molecular formula is C16H21ClO3. The summed E-state index contributed by atoms with van der Waals surface area (Å²) in [7, 11) is 1.63. The van der Waals surface area contributed by atoms with E-state index < -0.39 is 5.97 Å². The van der Waals surface area contributed by atoms with Gasteiger partial charge in [0.15, 0.2) is 0 Å². The highest BCUT2D eigenvalue weighted by Gasteiger charge is 2.30. The number of ether oxygens (including phenoxy) is 1. The molecule has 2 atom stereocenters. The van der Waals surface area contributed by atoms with Crippen molar-refractivity contribution in [1.29, 1.82) is 0 Å². The molecule has 20 heavy (non-hydrogen) atoms. The summed E-state index contributed by atoms with van der Waals surface area (Å²) < 4.78 is 5.36. The van der Waals surface area contributed by atoms with Gasteiger partial charge in [0.1, 0.15) is 5.75 Å². The second-order valence-electron chi connectivity index (χ2n) is 5.50. The topological polar surface area (TPSA) is 46.5 Å². The molecule has 1 saturated carbocycles. The zero-order valence-corrected chi connectivity index (χ0v) is 12.5. The molecule has 1 aromatic rings. The molecule has 1 N–H and O–H groups in total. The third kappa shape index (κ3) is 3.66. The molecule has 0 saturated heterocycles. The largest absolute Gasteiger partial charge is 0.496 e. The highest BCUT2D eigenvalue weighted by atomic mass is 35.5. The molecule has 1 aromatic carbocycles. The standard InChI is InChI=1S/C16H21ClO3/c1-20-15-8-7-13(17)10-12(15)9-11-5-3-2-4-6-14(11)16(18)19/h7-8,10-11,14H,2-6,9H2,1H3,(H,18,19). The van der Waals surface area contributed by atoms with E-state index in [2.05, 4.69) is 0 Å². The Morgan fingerprint density at radius 1 is 1.35 bits per heavy atom. The zero-order valence-electron chi connectivity index (χ0n) is 11.8. The molecule has 2 rings (SSSR count). The highest BCUT2D eigenvalue weighted by Crippen LogP contribution is 2.34. The lowest BCUT2D eigenvalue weighted by Crippen LogP contribution is -2.24. The molecule has 3 nitrogen and oxygen atoms in total. The van der Waals surface area contributed by atoms with Crippen molar-refractivity contribution in [3.8, 4) is 5.75 Å². The Morgan fingerprint density at radius 3 is 2.80 bits per heavy atom. The molecule has 4 heteroatoms. The fraction of sp³-hybridized carbons (Fsp3) is 0.562. The highest BCUT2D eigenvalue weighted by molar-refractivity contribution is 6.30. The lowest BCUT2D eigenvalue weighted by atomic mass is 9.83. The SMILES string of the molecule is COc1ccc(Cl)cc1CC1CCCCCC1C(=O)O. The van der Waals surface area contributed by atoms with Crippen molar-refractivity contribution in [3.05, 3.63) is 28.8 Å². The predicted octanol–water partition coefficient (Wildman–Crippen LogP) is 4.17. The molecule has 1 aliphatic rings. The molecule has 0 bridgehead atoms. The monoisotopic (exact) mass is 296 g/mol. The van der Waals surface area contributed by atoms with Gasteiger partial charge < -0.3 is 9.84 Å². The number of aliphatic carboxylic acids is 1. The fourth-order valence-electron chi connectivity index (χ4n) is 3.14. The van der Waals surface area contributed by atoms with E-state index in [9.17, 15) is 9.90 Å². The molecule has 1 aliphatic carbocycles. The van der Waals surface area contributed by atoms with Crippen LogP contribution < -0.4 is 4.74 Å². The van der Waals surface area contributed by atoms with E-state index in [4.69, 9.17) is 16.3 Å². The van der Waals surface area contributed by atoms with E-state index >= 15 is 0 Å². The van der Waals surface area contributed by atoms with Gasteiger partial charge in [-0.15, -0.1) is 0 Å². The first-order valence-electron chi connectivity index (χ1n) is 7.17. The van der Waals surface area contributed by atoms with Gasteiger partial charge in [0, 0.05) is 5.02 Å². The van der Waals surface area contributed by atoms with Gasteiger partial charge in [-0.05, 0) is 48.9 Å². The summed E-state index contributed by atoms with van der Waals surface area (Å²) in [6.07, 6.45) is 5.72. The quantitative estimate of drug-likeness (QED) is 0.848. The van der Waals surface area contributed by atoms with Gasteiger partial charge in [-0.1, -0.05) is 30.9 Å². The van der Waals surface area contributed by atoms with Crippen LogP contribution in [0.3, 0.4) is 0 Å². The zero-order chi connectivity index (χ0) is 14.5. The Bertz CT molecular complexity index is 473. The normalized spacial score (nSPS) is 23.1. The van der Waals surface area contributed by atoms with Gasteiger partial charge in [0.2, 0.25) is 0 Å². The Balaban J connectivity index is 2.21. The van der Waals surface area contributed by atoms with Gasteiger partial charge in [-0.25, -0.2) is 0 Å². The molecule has 110 valence electrons. The predicted molar refractivity (Wildman–Crippen MR) is 79.4 cm³/mol. The number of carboxylic acids is 1. The van der Waals surface area contributed by atoms with Crippen LogP contribution in [0.25, 0.3) is 0 Å². The van der Waals surface area contributed by atoms with Crippen LogP contribution in [0.4, 0.5) is 0 Å². The average Bonchev–Trinajstić information content (AvgIpc) is 2.64. The van der Waals surface area contributed by atoms with Crippen LogP contribution in [0.5, 0.6) is 5.75 Å². The fourth-order valence-corrected chi connectivity index (χ4v) is 3.34. The number of carbonyl (C=O) groups is 1. The molecule has 1 fully saturated rings. The number of carboxylic acid groups (broad SMARTS) is 1. The third-order valence-electron chi connectivity index (χ3n) is 4.20. The molecular weight excluding hydrogens is 276 g/mol. The first-order valence-corrected chi connectivity index (χ1v) is 7.55. The van der Waals surface area contributed by atoms with Crippen LogP contribution in [-0.4, -0.2) is 18.2 Å². The van der Waals surface area contributed by atoms with E-state index in [-0.39, 0.29) is 11.8 Å². The Labute approximate surface area is 124 Å². The lowest BCUT2D eigenvalue weighted by Gasteiger charge is -2.22. The number of hydrogen-bond donors (Lipinski definition) is 1. The third-order valence-corrected chi connectivity index (χ3v) is 4.44. The molecule has 2 unspecified atom stereocenters. The summed E-state index contributed by atoms with van der Waals surface area (Å²) in [5.41, 5.74) is 1.01. The maximum atomic E-state index is 11.5. The van der Waals surface area contributed by atoms with Crippen molar-refractivity contribution in [2.24, 2.45) is 11.8 Å². The number of methoxy groups -OCH3 is 1. The van der Waals surface area contributed by atoms with Crippen LogP contribution in [0, 0.1) is 11.8 Å². The number of hydrogen-bond acceptors (Lipinski definition) is 2. The van der Waals surface area contributed by atoms with E-state index in [0.717, 1.165) is 49.8 Å². The summed E-state index contributed by atoms with van der Waals surface area (Å²) in [5.74, 6) is 0.0456. The van der Waals surface area contributed by atoms with Crippen LogP contribution in [0.1, 0.15) is 37.7 Å². The Morgan fingerprint density at radius 2 is 2.10 bits per heavy atom. The van der Waals surface area contributed by atoms with Gasteiger partial charge in [0.25, 0.3) is 0 Å². The van der Waals surface area contributed by atoms with E-state index in [1.165, 1.54) is 0 Å². The van der Waals surface area contributed by atoms with Crippen molar-refractivity contribution < 1.29 is 14.6 Å². The number of benzene rings is 1. The Hall–Kier alpha value is -1.22. The number of rotatable bonds is 4. The minimum atomic E-state index is -0.669. The molecule has 0 aliphatic heterocycles. The van der Waals surface area contributed by atoms with Gasteiger partial charge in [0.05, 0.1) is 13.0 Å². The van der Waals surface area contributed by atoms with Crippen molar-refractivity contribution in [1.82, 2.24) is 0 Å². The molecule has 0 radical (unpaired) electrons. The van der Waals surface area contributed by atoms with Crippen LogP contribution in [0.15, 0.2) is 18.2 Å². The van der Waals surface area contributed by atoms with Gasteiger partial charge >= 0.3 is 5.97 Å². The van der Waals surface area contributed by atoms with Crippen molar-refractivity contribution in [3.63, 3.8) is 0 Å². The maximum Gasteiger partial charge on any atom is 0.306 e. The van der Waals surface area contributed by atoms with Gasteiger partial charge in [-0.2, -0.15) is 0 Å². The second kappa shape index (κ2) is 6.98. The average molecular weight is 297 g/mol. The van der Waals surface area contributed by atoms with E-state index in [0.29, 0.717) is 5.02 Å². The summed E-state index contributed by atoms with van der Waals surface area (Å²) in [5, 5.41) is 10.1. The Kier molecular flexibility index (Phi) is 5.30. The van der Waals surface area contributed by atoms with Crippen LogP contribution in [0.2, 0.25) is 5.02 Å². The van der Waals surface area contributed by atoms with Crippen LogP contribution in [-0.2, 0) is 11.2 Å². The van der Waals surface area contributed by atoms with Crippen molar-refractivity contribution in [2.45, 2.75) is 38.5 Å². The molecule has 0 heterocycles. The van der Waals surface area contributed by atoms with Crippen molar-refractivity contribution >= 4 is 17.6 Å². The molecule has 0 spiro atoms. The minimum absolute atomic E-state index is 0.169. The van der Waals surface area contributed by atoms with Gasteiger partial charge in [-0.3, -0.25) is 4.79 Å². The lowest BCUT2D eigenvalue weighted by molar-refractivity contribution is -0.143. The first kappa shape index (κ1) is 15.2. The second-order valence-corrected chi connectivity index (χ2v) is 5.94. The maximum absolute atomic E-state index is 11.5. The summed E-state index contributed by atoms with van der Waals surface area (Å²) >= 11 is 6.05. The smallest absolute Gasteiger partial charge is 0.306 e. The molecule has 0 amide bonds. The minimum Gasteiger partial charge on any atom is -0.496 e. The van der Waals surface area contributed by atoms with Crippen LogP contribution >= 0.6 is 11.6 Å². The number of halogens is 1.